The Labute approximate surface area is 189 Å². The third-order valence-corrected chi connectivity index (χ3v) is 5.92. The molecule has 1 aromatic heterocycles. The minimum Gasteiger partial charge on any atom is -0.351 e. The molecule has 32 heavy (non-hydrogen) atoms. The predicted octanol–water partition coefficient (Wildman–Crippen LogP) is 4.26. The van der Waals surface area contributed by atoms with Gasteiger partial charge in [-0.25, -0.2) is 23.1 Å². The molecule has 1 saturated carbocycles. The van der Waals surface area contributed by atoms with Crippen LogP contribution in [0.4, 0.5) is 18.9 Å². The molecule has 6 nitrogen and oxygen atoms in total. The lowest BCUT2D eigenvalue weighted by Crippen LogP contribution is -2.60. The number of amides is 2. The molecule has 2 amide bonds. The number of benzene rings is 1. The van der Waals surface area contributed by atoms with Crippen molar-refractivity contribution in [2.45, 2.75) is 62.7 Å². The Balaban J connectivity index is 2.06. The molecule has 0 aliphatic heterocycles. The van der Waals surface area contributed by atoms with E-state index in [0.29, 0.717) is 0 Å². The van der Waals surface area contributed by atoms with E-state index < -0.39 is 34.9 Å². The minimum absolute atomic E-state index is 0.0831. The van der Waals surface area contributed by atoms with Crippen LogP contribution in [-0.2, 0) is 15.1 Å². The number of rotatable bonds is 6. The topological polar surface area (TPSA) is 75.2 Å². The summed E-state index contributed by atoms with van der Waals surface area (Å²) in [5, 5.41) is 2.77. The van der Waals surface area contributed by atoms with Crippen LogP contribution in [0.15, 0.2) is 43.0 Å². The van der Waals surface area contributed by atoms with Crippen molar-refractivity contribution in [3.63, 3.8) is 0 Å². The van der Waals surface area contributed by atoms with Crippen molar-refractivity contribution in [2.75, 3.05) is 4.90 Å². The number of hydrogen-bond donors (Lipinski definition) is 1. The lowest BCUT2D eigenvalue weighted by Gasteiger charge is -2.41. The van der Waals surface area contributed by atoms with Crippen molar-refractivity contribution in [3.8, 4) is 0 Å². The van der Waals surface area contributed by atoms with Gasteiger partial charge < -0.3 is 5.32 Å². The van der Waals surface area contributed by atoms with Gasteiger partial charge in [0.1, 0.15) is 6.33 Å². The van der Waals surface area contributed by atoms with Gasteiger partial charge in [0.15, 0.2) is 5.54 Å². The number of halogens is 4. The maximum Gasteiger partial charge on any atom is 0.278 e. The van der Waals surface area contributed by atoms with E-state index in [-0.39, 0.29) is 36.9 Å². The summed E-state index contributed by atoms with van der Waals surface area (Å²) in [6, 6.07) is 6.10. The molecular weight excluding hydrogens is 445 g/mol. The van der Waals surface area contributed by atoms with Crippen molar-refractivity contribution in [3.05, 3.63) is 54.1 Å². The summed E-state index contributed by atoms with van der Waals surface area (Å²) in [4.78, 5) is 35.4. The maximum atomic E-state index is 14.1. The lowest BCUT2D eigenvalue weighted by atomic mass is 9.87. The molecule has 1 aliphatic rings. The first kappa shape index (κ1) is 24.0. The van der Waals surface area contributed by atoms with Gasteiger partial charge in [0.2, 0.25) is 5.92 Å². The fraction of sp³-hybridized carbons (Fsp3) is 0.455. The summed E-state index contributed by atoms with van der Waals surface area (Å²) in [5.74, 6) is -4.58. The summed E-state index contributed by atoms with van der Waals surface area (Å²) in [7, 11) is 0. The van der Waals surface area contributed by atoms with Gasteiger partial charge in [-0.15, -0.1) is 0 Å². The van der Waals surface area contributed by atoms with E-state index >= 15 is 0 Å². The molecule has 3 rings (SSSR count). The monoisotopic (exact) mass is 468 g/mol. The molecule has 0 saturated heterocycles. The van der Waals surface area contributed by atoms with Crippen molar-refractivity contribution in [2.24, 2.45) is 0 Å². The second-order valence-electron chi connectivity index (χ2n) is 8.12. The minimum atomic E-state index is -2.76. The first-order valence-corrected chi connectivity index (χ1v) is 10.6. The molecule has 0 bridgehead atoms. The number of nitrogens with zero attached hydrogens (tertiary/aromatic N) is 3. The molecule has 1 fully saturated rings. The van der Waals surface area contributed by atoms with Crippen LogP contribution in [0, 0.1) is 6.92 Å². The second-order valence-corrected chi connectivity index (χ2v) is 8.50. The van der Waals surface area contributed by atoms with E-state index in [2.05, 4.69) is 15.3 Å². The van der Waals surface area contributed by atoms with Crippen LogP contribution >= 0.6 is 11.6 Å². The largest absolute Gasteiger partial charge is 0.351 e. The third kappa shape index (κ3) is 5.03. The summed E-state index contributed by atoms with van der Waals surface area (Å²) in [6.45, 7) is 3.21. The lowest BCUT2D eigenvalue weighted by molar-refractivity contribution is -0.132. The van der Waals surface area contributed by atoms with Crippen molar-refractivity contribution in [1.82, 2.24) is 15.3 Å². The SMILES string of the molecule is Cc1cccc(N(C(=O)[C@H](F)Cl)[C@@](C)(C(=O)NC2CCC(F)(F)CC2)c2cncnc2)c1. The Morgan fingerprint density at radius 1 is 1.25 bits per heavy atom. The van der Waals surface area contributed by atoms with Crippen LogP contribution in [0.1, 0.15) is 43.7 Å². The quantitative estimate of drug-likeness (QED) is 0.643. The van der Waals surface area contributed by atoms with Gasteiger partial charge in [-0.1, -0.05) is 23.7 Å². The Morgan fingerprint density at radius 3 is 2.44 bits per heavy atom. The van der Waals surface area contributed by atoms with E-state index in [9.17, 15) is 22.8 Å². The molecular formula is C22H24ClF3N4O2. The molecule has 0 spiro atoms. The fourth-order valence-electron chi connectivity index (χ4n) is 3.89. The zero-order valence-electron chi connectivity index (χ0n) is 17.7. The van der Waals surface area contributed by atoms with Crippen LogP contribution in [0.2, 0.25) is 0 Å². The first-order chi connectivity index (χ1) is 15.0. The molecule has 1 heterocycles. The van der Waals surface area contributed by atoms with Gasteiger partial charge in [0.25, 0.3) is 17.4 Å². The highest BCUT2D eigenvalue weighted by molar-refractivity contribution is 6.32. The molecule has 2 atom stereocenters. The van der Waals surface area contributed by atoms with Gasteiger partial charge in [-0.3, -0.25) is 14.5 Å². The molecule has 1 aromatic carbocycles. The number of nitrogens with one attached hydrogen (secondary N) is 1. The Kier molecular flexibility index (Phi) is 7.07. The van der Waals surface area contributed by atoms with E-state index in [1.807, 2.05) is 0 Å². The highest BCUT2D eigenvalue weighted by Crippen LogP contribution is 2.37. The van der Waals surface area contributed by atoms with Crippen LogP contribution in [0.3, 0.4) is 0 Å². The standard InChI is InChI=1S/C22H24ClF3N4O2/c1-14-4-3-5-17(10-14)30(19(31)18(23)24)21(2,15-11-27-13-28-12-15)20(32)29-16-6-8-22(25,26)9-7-16/h3-5,10-13,16,18H,6-9H2,1-2H3,(H,29,32)/t18-,21+/m0/s1. The highest BCUT2D eigenvalue weighted by atomic mass is 35.5. The highest BCUT2D eigenvalue weighted by Gasteiger charge is 2.48. The van der Waals surface area contributed by atoms with Crippen molar-refractivity contribution >= 4 is 29.1 Å². The van der Waals surface area contributed by atoms with E-state index in [4.69, 9.17) is 11.6 Å². The number of anilines is 1. The van der Waals surface area contributed by atoms with Crippen molar-refractivity contribution in [1.29, 1.82) is 0 Å². The first-order valence-electron chi connectivity index (χ1n) is 10.2. The smallest absolute Gasteiger partial charge is 0.278 e. The molecule has 1 aliphatic carbocycles. The molecule has 1 N–H and O–H groups in total. The summed E-state index contributed by atoms with van der Waals surface area (Å²) in [5.41, 5.74) is -2.99. The van der Waals surface area contributed by atoms with Gasteiger partial charge in [-0.05, 0) is 44.4 Å². The van der Waals surface area contributed by atoms with E-state index in [0.717, 1.165) is 10.5 Å². The third-order valence-electron chi connectivity index (χ3n) is 5.73. The van der Waals surface area contributed by atoms with Gasteiger partial charge in [0, 0.05) is 42.5 Å². The number of carbonyl (C=O) groups is 2. The molecule has 10 heteroatoms. The zero-order valence-corrected chi connectivity index (χ0v) is 18.5. The predicted molar refractivity (Wildman–Crippen MR) is 114 cm³/mol. The number of hydrogen-bond acceptors (Lipinski definition) is 4. The van der Waals surface area contributed by atoms with Gasteiger partial charge in [-0.2, -0.15) is 0 Å². The van der Waals surface area contributed by atoms with E-state index in [1.54, 1.807) is 31.2 Å². The molecule has 0 radical (unpaired) electrons. The summed E-state index contributed by atoms with van der Waals surface area (Å²) >= 11 is 5.53. The van der Waals surface area contributed by atoms with Crippen LogP contribution < -0.4 is 10.2 Å². The van der Waals surface area contributed by atoms with Crippen LogP contribution in [0.5, 0.6) is 0 Å². The average molecular weight is 469 g/mol. The zero-order chi connectivity index (χ0) is 23.5. The van der Waals surface area contributed by atoms with Gasteiger partial charge in [0.05, 0.1) is 0 Å². The Hall–Kier alpha value is -2.68. The maximum absolute atomic E-state index is 14.1. The fourth-order valence-corrected chi connectivity index (χ4v) is 3.99. The number of aryl methyl sites for hydroxylation is 1. The Morgan fingerprint density at radius 2 is 1.88 bits per heavy atom. The van der Waals surface area contributed by atoms with Crippen LogP contribution in [-0.4, -0.2) is 39.4 Å². The van der Waals surface area contributed by atoms with E-state index in [1.165, 1.54) is 25.6 Å². The molecule has 0 unspecified atom stereocenters. The summed E-state index contributed by atoms with van der Waals surface area (Å²) < 4.78 is 41.2. The number of aromatic nitrogens is 2. The molecule has 2 aromatic rings. The van der Waals surface area contributed by atoms with Crippen molar-refractivity contribution < 1.29 is 22.8 Å². The van der Waals surface area contributed by atoms with Crippen LogP contribution in [0.25, 0.3) is 0 Å². The number of alkyl halides is 4. The van der Waals surface area contributed by atoms with Gasteiger partial charge >= 0.3 is 0 Å². The second kappa shape index (κ2) is 9.44. The number of carbonyl (C=O) groups excluding carboxylic acids is 2. The Bertz CT molecular complexity index is 967. The molecule has 172 valence electrons. The average Bonchev–Trinajstić information content (AvgIpc) is 2.75. The normalized spacial score (nSPS) is 18.9. The summed E-state index contributed by atoms with van der Waals surface area (Å²) in [6.07, 6.45) is 3.41.